The lowest BCUT2D eigenvalue weighted by atomic mass is 10.3. The van der Waals surface area contributed by atoms with Crippen molar-refractivity contribution in [2.45, 2.75) is 26.7 Å². The highest BCUT2D eigenvalue weighted by molar-refractivity contribution is 14.0. The predicted molar refractivity (Wildman–Crippen MR) is 122 cm³/mol. The van der Waals surface area contributed by atoms with Gasteiger partial charge in [0.25, 0.3) is 0 Å². The molecular formula is C19H35IN6. The fraction of sp³-hybridized carbons (Fsp3) is 0.684. The Labute approximate surface area is 176 Å². The molecule has 0 saturated carbocycles. The second kappa shape index (κ2) is 13.1. The first-order valence-electron chi connectivity index (χ1n) is 9.62. The van der Waals surface area contributed by atoms with E-state index in [-0.39, 0.29) is 24.0 Å². The SMILES string of the molecule is CCCCN(C)CCN=C(NCC)N1CCN(c2ccccn2)CC1.I. The molecule has 0 unspecified atom stereocenters. The van der Waals surface area contributed by atoms with Gasteiger partial charge >= 0.3 is 0 Å². The molecule has 26 heavy (non-hydrogen) atoms. The number of piperazine rings is 1. The minimum Gasteiger partial charge on any atom is -0.357 e. The van der Waals surface area contributed by atoms with E-state index in [0.717, 1.165) is 64.1 Å². The van der Waals surface area contributed by atoms with E-state index in [1.54, 1.807) is 0 Å². The molecule has 1 aromatic rings. The number of halogens is 1. The number of nitrogens with zero attached hydrogens (tertiary/aromatic N) is 5. The summed E-state index contributed by atoms with van der Waals surface area (Å²) in [6.07, 6.45) is 4.37. The van der Waals surface area contributed by atoms with Gasteiger partial charge in [-0.3, -0.25) is 4.99 Å². The maximum Gasteiger partial charge on any atom is 0.194 e. The molecule has 1 saturated heterocycles. The number of nitrogens with one attached hydrogen (secondary N) is 1. The van der Waals surface area contributed by atoms with Crippen molar-refractivity contribution < 1.29 is 0 Å². The second-order valence-corrected chi connectivity index (χ2v) is 6.55. The minimum atomic E-state index is 0. The quantitative estimate of drug-likeness (QED) is 0.357. The van der Waals surface area contributed by atoms with Gasteiger partial charge in [0.1, 0.15) is 5.82 Å². The normalized spacial score (nSPS) is 15.2. The van der Waals surface area contributed by atoms with Crippen LogP contribution in [0, 0.1) is 0 Å². The lowest BCUT2D eigenvalue weighted by molar-refractivity contribution is 0.334. The van der Waals surface area contributed by atoms with Crippen molar-refractivity contribution in [3.8, 4) is 0 Å². The van der Waals surface area contributed by atoms with Crippen molar-refractivity contribution in [1.82, 2.24) is 20.1 Å². The van der Waals surface area contributed by atoms with Crippen LogP contribution in [-0.2, 0) is 0 Å². The van der Waals surface area contributed by atoms with Gasteiger partial charge in [-0.15, -0.1) is 24.0 Å². The number of pyridine rings is 1. The summed E-state index contributed by atoms with van der Waals surface area (Å²) in [6, 6.07) is 6.10. The summed E-state index contributed by atoms with van der Waals surface area (Å²) in [5, 5.41) is 3.45. The molecule has 0 aliphatic carbocycles. The Hall–Kier alpha value is -1.09. The van der Waals surface area contributed by atoms with E-state index in [1.165, 1.54) is 12.8 Å². The molecule has 148 valence electrons. The van der Waals surface area contributed by atoms with Crippen LogP contribution in [0.15, 0.2) is 29.4 Å². The minimum absolute atomic E-state index is 0. The van der Waals surface area contributed by atoms with E-state index in [4.69, 9.17) is 4.99 Å². The summed E-state index contributed by atoms with van der Waals surface area (Å²) in [7, 11) is 2.18. The Kier molecular flexibility index (Phi) is 11.6. The number of aromatic nitrogens is 1. The Morgan fingerprint density at radius 3 is 2.58 bits per heavy atom. The largest absolute Gasteiger partial charge is 0.357 e. The van der Waals surface area contributed by atoms with E-state index in [1.807, 2.05) is 12.3 Å². The van der Waals surface area contributed by atoms with E-state index in [9.17, 15) is 0 Å². The van der Waals surface area contributed by atoms with Crippen LogP contribution in [0.25, 0.3) is 0 Å². The Bertz CT molecular complexity index is 502. The topological polar surface area (TPSA) is 47.0 Å². The molecule has 1 fully saturated rings. The van der Waals surface area contributed by atoms with Crippen molar-refractivity contribution in [3.05, 3.63) is 24.4 Å². The third-order valence-corrected chi connectivity index (χ3v) is 4.52. The van der Waals surface area contributed by atoms with Crippen molar-refractivity contribution in [1.29, 1.82) is 0 Å². The first-order chi connectivity index (χ1) is 12.2. The molecule has 1 N–H and O–H groups in total. The molecule has 0 spiro atoms. The van der Waals surface area contributed by atoms with Crippen LogP contribution < -0.4 is 10.2 Å². The third-order valence-electron chi connectivity index (χ3n) is 4.52. The molecule has 1 aliphatic rings. The Morgan fingerprint density at radius 1 is 1.19 bits per heavy atom. The van der Waals surface area contributed by atoms with Gasteiger partial charge in [0.15, 0.2) is 5.96 Å². The molecule has 6 nitrogen and oxygen atoms in total. The van der Waals surface area contributed by atoms with Gasteiger partial charge in [-0.25, -0.2) is 4.98 Å². The van der Waals surface area contributed by atoms with Crippen molar-refractivity contribution in [2.75, 3.05) is 64.3 Å². The van der Waals surface area contributed by atoms with E-state index >= 15 is 0 Å². The fourth-order valence-corrected chi connectivity index (χ4v) is 2.98. The van der Waals surface area contributed by atoms with Gasteiger partial charge < -0.3 is 20.0 Å². The molecule has 7 heteroatoms. The third kappa shape index (κ3) is 7.65. The van der Waals surface area contributed by atoms with Crippen molar-refractivity contribution in [3.63, 3.8) is 0 Å². The van der Waals surface area contributed by atoms with Crippen molar-refractivity contribution in [2.24, 2.45) is 4.99 Å². The lowest BCUT2D eigenvalue weighted by Gasteiger charge is -2.37. The van der Waals surface area contributed by atoms with Crippen LogP contribution in [-0.4, -0.2) is 80.1 Å². The number of rotatable bonds is 8. The molecule has 2 heterocycles. The summed E-state index contributed by atoms with van der Waals surface area (Å²) in [4.78, 5) is 16.4. The summed E-state index contributed by atoms with van der Waals surface area (Å²) in [5.41, 5.74) is 0. The lowest BCUT2D eigenvalue weighted by Crippen LogP contribution is -2.52. The van der Waals surface area contributed by atoms with E-state index < -0.39 is 0 Å². The number of aliphatic imine (C=N–C) groups is 1. The number of hydrogen-bond acceptors (Lipinski definition) is 4. The van der Waals surface area contributed by atoms with E-state index in [2.05, 4.69) is 58.0 Å². The molecule has 2 rings (SSSR count). The number of likely N-dealkylation sites (N-methyl/N-ethyl adjacent to an activating group) is 1. The standard InChI is InChI=1S/C19H34N6.HI/c1-4-6-12-23(3)13-11-22-19(20-5-2)25-16-14-24(15-17-25)18-9-7-8-10-21-18;/h7-10H,4-6,11-17H2,1-3H3,(H,20,22);1H. The van der Waals surface area contributed by atoms with Gasteiger partial charge in [-0.05, 0) is 39.1 Å². The molecule has 0 aromatic carbocycles. The van der Waals surface area contributed by atoms with Crippen LogP contribution in [0.3, 0.4) is 0 Å². The molecule has 1 aliphatic heterocycles. The van der Waals surface area contributed by atoms with Crippen LogP contribution in [0.5, 0.6) is 0 Å². The molecule has 1 aromatic heterocycles. The fourth-order valence-electron chi connectivity index (χ4n) is 2.98. The van der Waals surface area contributed by atoms with Crippen LogP contribution in [0.2, 0.25) is 0 Å². The monoisotopic (exact) mass is 474 g/mol. The number of hydrogen-bond donors (Lipinski definition) is 1. The van der Waals surface area contributed by atoms with E-state index in [0.29, 0.717) is 0 Å². The summed E-state index contributed by atoms with van der Waals surface area (Å²) in [6.45, 7) is 12.2. The van der Waals surface area contributed by atoms with Crippen LogP contribution >= 0.6 is 24.0 Å². The molecular weight excluding hydrogens is 439 g/mol. The summed E-state index contributed by atoms with van der Waals surface area (Å²) in [5.74, 6) is 2.12. The first-order valence-corrected chi connectivity index (χ1v) is 9.62. The second-order valence-electron chi connectivity index (χ2n) is 6.55. The Morgan fingerprint density at radius 2 is 1.96 bits per heavy atom. The predicted octanol–water partition coefficient (Wildman–Crippen LogP) is 2.52. The molecule has 0 bridgehead atoms. The van der Waals surface area contributed by atoms with Gasteiger partial charge in [0.2, 0.25) is 0 Å². The molecule has 0 atom stereocenters. The summed E-state index contributed by atoms with van der Waals surface area (Å²) >= 11 is 0. The summed E-state index contributed by atoms with van der Waals surface area (Å²) < 4.78 is 0. The average Bonchev–Trinajstić information content (AvgIpc) is 2.66. The zero-order valence-corrected chi connectivity index (χ0v) is 18.9. The highest BCUT2D eigenvalue weighted by atomic mass is 127. The number of anilines is 1. The van der Waals surface area contributed by atoms with Crippen LogP contribution in [0.4, 0.5) is 5.82 Å². The highest BCUT2D eigenvalue weighted by Crippen LogP contribution is 2.12. The van der Waals surface area contributed by atoms with Gasteiger partial charge in [0.05, 0.1) is 6.54 Å². The number of unbranched alkanes of at least 4 members (excludes halogenated alkanes) is 1. The maximum absolute atomic E-state index is 4.84. The van der Waals surface area contributed by atoms with Gasteiger partial charge in [-0.1, -0.05) is 19.4 Å². The first kappa shape index (κ1) is 23.0. The molecule has 0 radical (unpaired) electrons. The highest BCUT2D eigenvalue weighted by Gasteiger charge is 2.20. The molecule has 0 amide bonds. The zero-order chi connectivity index (χ0) is 17.9. The van der Waals surface area contributed by atoms with Crippen LogP contribution in [0.1, 0.15) is 26.7 Å². The van der Waals surface area contributed by atoms with Gasteiger partial charge in [0, 0.05) is 45.5 Å². The number of guanidine groups is 1. The smallest absolute Gasteiger partial charge is 0.194 e. The van der Waals surface area contributed by atoms with Gasteiger partial charge in [-0.2, -0.15) is 0 Å². The zero-order valence-electron chi connectivity index (χ0n) is 16.5. The average molecular weight is 474 g/mol. The maximum atomic E-state index is 4.84. The van der Waals surface area contributed by atoms with Crippen molar-refractivity contribution >= 4 is 35.8 Å². The Balaban J connectivity index is 0.00000338.